The van der Waals surface area contributed by atoms with Crippen molar-refractivity contribution in [2.75, 3.05) is 76.0 Å². The Balaban J connectivity index is 1.27. The molecule has 0 bridgehead atoms. The molecule has 0 saturated carbocycles. The number of hydrogen-bond donors (Lipinski definition) is 1. The monoisotopic (exact) mass is 708 g/mol. The molecule has 3 aromatic carbocycles. The van der Waals surface area contributed by atoms with Crippen LogP contribution >= 0.6 is 0 Å². The maximum Gasteiger partial charge on any atom is 0.409 e. The van der Waals surface area contributed by atoms with Gasteiger partial charge >= 0.3 is 6.09 Å². The van der Waals surface area contributed by atoms with Crippen molar-refractivity contribution in [1.82, 2.24) is 14.7 Å². The van der Waals surface area contributed by atoms with Crippen molar-refractivity contribution in [3.05, 3.63) is 94.0 Å². The molecule has 2 amide bonds. The molecule has 3 aromatic rings. The molecule has 278 valence electrons. The number of carbonyl (C=O) groups is 2. The third-order valence-corrected chi connectivity index (χ3v) is 10.9. The van der Waals surface area contributed by atoms with Gasteiger partial charge in [-0.3, -0.25) is 14.6 Å². The SMILES string of the molecule is COCN(CC[C@@H](c1ccccc1N1CCN(C(=O)c2cc(CN3CCN(c4ccccc4C#N)CC3)c(C)cc2C)[C@@H](C)C1)C(C)(C)C)C(=O)O. The van der Waals surface area contributed by atoms with Gasteiger partial charge in [0.1, 0.15) is 12.8 Å². The van der Waals surface area contributed by atoms with Crippen LogP contribution in [0.1, 0.15) is 78.2 Å². The molecule has 2 aliphatic heterocycles. The summed E-state index contributed by atoms with van der Waals surface area (Å²) in [4.78, 5) is 36.6. The van der Waals surface area contributed by atoms with Crippen molar-refractivity contribution >= 4 is 23.4 Å². The van der Waals surface area contributed by atoms with Crippen LogP contribution < -0.4 is 9.80 Å². The van der Waals surface area contributed by atoms with E-state index < -0.39 is 6.09 Å². The van der Waals surface area contributed by atoms with Gasteiger partial charge in [-0.05, 0) is 85.0 Å². The van der Waals surface area contributed by atoms with Gasteiger partial charge in [0.25, 0.3) is 5.91 Å². The molecule has 0 aliphatic carbocycles. The van der Waals surface area contributed by atoms with E-state index in [-0.39, 0.29) is 30.0 Å². The number of nitrogens with zero attached hydrogens (tertiary/aromatic N) is 6. The number of anilines is 2. The van der Waals surface area contributed by atoms with Gasteiger partial charge in [0.05, 0.1) is 11.3 Å². The minimum atomic E-state index is -0.981. The van der Waals surface area contributed by atoms with Crippen molar-refractivity contribution in [1.29, 1.82) is 5.26 Å². The zero-order chi connectivity index (χ0) is 37.6. The van der Waals surface area contributed by atoms with Crippen molar-refractivity contribution in [2.45, 2.75) is 66.5 Å². The van der Waals surface area contributed by atoms with Crippen molar-refractivity contribution < 1.29 is 19.4 Å². The van der Waals surface area contributed by atoms with E-state index in [2.05, 4.69) is 91.8 Å². The Labute approximate surface area is 310 Å². The van der Waals surface area contributed by atoms with Gasteiger partial charge < -0.3 is 24.5 Å². The summed E-state index contributed by atoms with van der Waals surface area (Å²) >= 11 is 0. The largest absolute Gasteiger partial charge is 0.465 e. The highest BCUT2D eigenvalue weighted by Gasteiger charge is 2.34. The number of carbonyl (C=O) groups excluding carboxylic acids is 1. The Morgan fingerprint density at radius 3 is 2.23 bits per heavy atom. The molecule has 2 heterocycles. The van der Waals surface area contributed by atoms with Crippen molar-refractivity contribution in [3.8, 4) is 6.07 Å². The number of aryl methyl sites for hydroxylation is 2. The number of rotatable bonds is 11. The van der Waals surface area contributed by atoms with Crippen LogP contribution in [0.4, 0.5) is 16.2 Å². The van der Waals surface area contributed by atoms with E-state index in [1.54, 1.807) is 0 Å². The van der Waals surface area contributed by atoms with Gasteiger partial charge in [-0.15, -0.1) is 0 Å². The van der Waals surface area contributed by atoms with Gasteiger partial charge in [0.2, 0.25) is 0 Å². The van der Waals surface area contributed by atoms with Crippen LogP contribution in [0.3, 0.4) is 0 Å². The second-order valence-corrected chi connectivity index (χ2v) is 15.5. The number of piperazine rings is 2. The standard InChI is InChI=1S/C42H56N6O4/c1-30-24-31(2)36(25-34(30)28-44-18-20-45(21-19-44)38-14-10-8-12-33(38)26-43)40(49)48-23-22-46(27-32(48)3)39-15-11-9-13-35(39)37(42(4,5)6)16-17-47(29-52-7)41(50)51/h8-15,24-25,32,37H,16-23,27-29H2,1-7H3,(H,50,51)/t32-,37-/m0/s1. The highest BCUT2D eigenvalue weighted by atomic mass is 16.5. The van der Waals surface area contributed by atoms with Gasteiger partial charge in [0.15, 0.2) is 0 Å². The zero-order valence-electron chi connectivity index (χ0n) is 32.1. The molecule has 0 unspecified atom stereocenters. The van der Waals surface area contributed by atoms with Crippen LogP contribution in [0.25, 0.3) is 0 Å². The lowest BCUT2D eigenvalue weighted by atomic mass is 9.74. The third kappa shape index (κ3) is 8.88. The summed E-state index contributed by atoms with van der Waals surface area (Å²) in [6.45, 7) is 19.7. The number of hydrogen-bond acceptors (Lipinski definition) is 7. The van der Waals surface area contributed by atoms with Crippen molar-refractivity contribution in [3.63, 3.8) is 0 Å². The molecule has 52 heavy (non-hydrogen) atoms. The van der Waals surface area contributed by atoms with Crippen LogP contribution in [0.2, 0.25) is 0 Å². The Morgan fingerprint density at radius 1 is 0.942 bits per heavy atom. The maximum atomic E-state index is 14.3. The molecule has 0 aromatic heterocycles. The van der Waals surface area contributed by atoms with Crippen LogP contribution in [0.5, 0.6) is 0 Å². The second kappa shape index (κ2) is 16.8. The third-order valence-electron chi connectivity index (χ3n) is 10.9. The highest BCUT2D eigenvalue weighted by molar-refractivity contribution is 5.96. The predicted molar refractivity (Wildman–Crippen MR) is 207 cm³/mol. The van der Waals surface area contributed by atoms with E-state index in [4.69, 9.17) is 4.74 Å². The first kappa shape index (κ1) is 38.6. The lowest BCUT2D eigenvalue weighted by Crippen LogP contribution is -2.54. The van der Waals surface area contributed by atoms with Crippen LogP contribution in [0, 0.1) is 30.6 Å². The summed E-state index contributed by atoms with van der Waals surface area (Å²) in [5.74, 6) is 0.193. The van der Waals surface area contributed by atoms with Gasteiger partial charge in [-0.25, -0.2) is 4.79 Å². The molecule has 0 radical (unpaired) electrons. The lowest BCUT2D eigenvalue weighted by molar-refractivity contribution is 0.0559. The number of amides is 2. The summed E-state index contributed by atoms with van der Waals surface area (Å²) in [5.41, 5.74) is 8.12. The Kier molecular flexibility index (Phi) is 12.5. The van der Waals surface area contributed by atoms with E-state index >= 15 is 0 Å². The van der Waals surface area contributed by atoms with Gasteiger partial charge in [-0.2, -0.15) is 5.26 Å². The quantitative estimate of drug-likeness (QED) is 0.214. The molecule has 0 spiro atoms. The van der Waals surface area contributed by atoms with E-state index in [9.17, 15) is 20.0 Å². The van der Waals surface area contributed by atoms with Gasteiger partial charge in [0, 0.05) is 83.3 Å². The number of nitriles is 1. The summed E-state index contributed by atoms with van der Waals surface area (Å²) in [5, 5.41) is 19.3. The molecular weight excluding hydrogens is 653 g/mol. The number of methoxy groups -OCH3 is 1. The second-order valence-electron chi connectivity index (χ2n) is 15.5. The topological polar surface area (TPSA) is 104 Å². The number of carboxylic acid groups (broad SMARTS) is 1. The molecule has 1 N–H and O–H groups in total. The first-order valence-corrected chi connectivity index (χ1v) is 18.5. The van der Waals surface area contributed by atoms with Gasteiger partial charge in [-0.1, -0.05) is 57.2 Å². The minimum Gasteiger partial charge on any atom is -0.465 e. The molecule has 2 saturated heterocycles. The highest BCUT2D eigenvalue weighted by Crippen LogP contribution is 2.42. The minimum absolute atomic E-state index is 0.000108. The zero-order valence-corrected chi connectivity index (χ0v) is 32.1. The molecule has 10 heteroatoms. The maximum absolute atomic E-state index is 14.3. The van der Waals surface area contributed by atoms with E-state index in [0.29, 0.717) is 38.2 Å². The first-order chi connectivity index (χ1) is 24.8. The molecule has 2 aliphatic rings. The van der Waals surface area contributed by atoms with Crippen LogP contribution in [-0.2, 0) is 11.3 Å². The summed E-state index contributed by atoms with van der Waals surface area (Å²) in [7, 11) is 1.51. The lowest BCUT2D eigenvalue weighted by Gasteiger charge is -2.43. The van der Waals surface area contributed by atoms with E-state index in [0.717, 1.165) is 55.2 Å². The Bertz CT molecular complexity index is 1760. The average Bonchev–Trinajstić information content (AvgIpc) is 3.12. The fraction of sp³-hybridized carbons (Fsp3) is 0.500. The summed E-state index contributed by atoms with van der Waals surface area (Å²) < 4.78 is 5.15. The molecular formula is C42H56N6O4. The Morgan fingerprint density at radius 2 is 1.60 bits per heavy atom. The fourth-order valence-electron chi connectivity index (χ4n) is 7.94. The Hall–Kier alpha value is -4.59. The summed E-state index contributed by atoms with van der Waals surface area (Å²) in [6.07, 6.45) is -0.310. The van der Waals surface area contributed by atoms with Crippen LogP contribution in [-0.4, -0.2) is 104 Å². The normalized spacial score (nSPS) is 17.5. The first-order valence-electron chi connectivity index (χ1n) is 18.5. The average molecular weight is 709 g/mol. The fourth-order valence-corrected chi connectivity index (χ4v) is 7.94. The number of benzene rings is 3. The smallest absolute Gasteiger partial charge is 0.409 e. The molecule has 2 atom stereocenters. The number of para-hydroxylation sites is 2. The summed E-state index contributed by atoms with van der Waals surface area (Å²) in [6, 6.07) is 22.9. The van der Waals surface area contributed by atoms with E-state index in [1.165, 1.54) is 28.7 Å². The molecule has 2 fully saturated rings. The molecule has 10 nitrogen and oxygen atoms in total. The predicted octanol–water partition coefficient (Wildman–Crippen LogP) is 6.95. The van der Waals surface area contributed by atoms with Crippen molar-refractivity contribution in [2.24, 2.45) is 5.41 Å². The van der Waals surface area contributed by atoms with E-state index in [1.807, 2.05) is 36.1 Å². The number of ether oxygens (including phenoxy) is 1. The molecule has 5 rings (SSSR count). The van der Waals surface area contributed by atoms with Crippen LogP contribution in [0.15, 0.2) is 60.7 Å².